The van der Waals surface area contributed by atoms with Gasteiger partial charge in [-0.3, -0.25) is 4.90 Å². The fourth-order valence-corrected chi connectivity index (χ4v) is 9.98. The molecule has 2 aromatic heterocycles. The van der Waals surface area contributed by atoms with E-state index in [-0.39, 0.29) is 81.7 Å². The lowest BCUT2D eigenvalue weighted by molar-refractivity contribution is -0.0163. The maximum absolute atomic E-state index is 17.4. The molecule has 0 amide bonds. The molecule has 4 aliphatic rings. The van der Waals surface area contributed by atoms with Crippen LogP contribution in [0.3, 0.4) is 0 Å². The van der Waals surface area contributed by atoms with E-state index in [0.717, 1.165) is 58.0 Å². The maximum Gasteiger partial charge on any atom is 0.319 e. The monoisotopic (exact) mass is 771 g/mol. The fourth-order valence-electron chi connectivity index (χ4n) is 9.98. The number of terminal acetylenes is 1. The van der Waals surface area contributed by atoms with Gasteiger partial charge in [-0.05, 0) is 94.3 Å². The third-order valence-electron chi connectivity index (χ3n) is 12.6. The van der Waals surface area contributed by atoms with Gasteiger partial charge in [0.15, 0.2) is 5.82 Å². The third-order valence-corrected chi connectivity index (χ3v) is 12.6. The Morgan fingerprint density at radius 2 is 1.82 bits per heavy atom. The SMILES string of the molecule is C#Cc1c(F)ccc2cc(O)cc(-c3nc(OC)c4c(N5CCOCC(C)(O)C5)nc(OCC56CCCC5N(CC5CCC(OC)CC5)CCC6)nc4c3F)c12. The first kappa shape index (κ1) is 38.5. The van der Waals surface area contributed by atoms with Crippen LogP contribution in [0.25, 0.3) is 32.9 Å². The number of hydrogen-bond acceptors (Lipinski definition) is 11. The molecule has 298 valence electrons. The summed E-state index contributed by atoms with van der Waals surface area (Å²) in [5.41, 5.74) is -1.73. The van der Waals surface area contributed by atoms with Gasteiger partial charge in [-0.2, -0.15) is 9.97 Å². The Labute approximate surface area is 326 Å². The molecule has 13 heteroatoms. The molecule has 2 saturated carbocycles. The van der Waals surface area contributed by atoms with Crippen LogP contribution in [0.4, 0.5) is 14.6 Å². The average molecular weight is 772 g/mol. The van der Waals surface area contributed by atoms with Crippen LogP contribution in [-0.4, -0.2) is 108 Å². The number of aromatic hydroxyl groups is 1. The minimum absolute atomic E-state index is 0.00480. The van der Waals surface area contributed by atoms with Crippen molar-refractivity contribution >= 4 is 27.5 Å². The minimum atomic E-state index is -1.24. The predicted molar refractivity (Wildman–Crippen MR) is 209 cm³/mol. The van der Waals surface area contributed by atoms with Gasteiger partial charge in [-0.15, -0.1) is 6.42 Å². The number of phenols is 1. The van der Waals surface area contributed by atoms with Gasteiger partial charge in [0.25, 0.3) is 0 Å². The van der Waals surface area contributed by atoms with Crippen LogP contribution >= 0.6 is 0 Å². The van der Waals surface area contributed by atoms with E-state index in [0.29, 0.717) is 36.6 Å². The number of phenolic OH excluding ortho intramolecular Hbond substituents is 1. The standard InChI is InChI=1S/C43H51F2N5O6/c1-5-30-32(44)14-11-27-20-28(51)21-31(34(27)30)37-36(45)38-35(40(46-37)54-4)39(50-18-19-55-24-42(2,52)23-50)48-41(47-38)56-25-43-15-6-8-33(43)49(17-7-16-43)22-26-9-12-29(53-3)13-10-26/h1,11,14,20-21,26,29,33,51-52H,6-10,12-13,15-19,22-25H2,2-4H3. The van der Waals surface area contributed by atoms with Gasteiger partial charge >= 0.3 is 6.01 Å². The minimum Gasteiger partial charge on any atom is -0.508 e. The van der Waals surface area contributed by atoms with Crippen LogP contribution in [0.2, 0.25) is 0 Å². The molecule has 2 aromatic carbocycles. The molecule has 3 unspecified atom stereocenters. The van der Waals surface area contributed by atoms with Crippen molar-refractivity contribution in [3.63, 3.8) is 0 Å². The predicted octanol–water partition coefficient (Wildman–Crippen LogP) is 6.63. The van der Waals surface area contributed by atoms with Crippen molar-refractivity contribution in [3.05, 3.63) is 41.5 Å². The largest absolute Gasteiger partial charge is 0.508 e. The smallest absolute Gasteiger partial charge is 0.319 e. The van der Waals surface area contributed by atoms with Crippen LogP contribution in [0.5, 0.6) is 17.6 Å². The van der Waals surface area contributed by atoms with Crippen molar-refractivity contribution in [2.45, 2.75) is 82.5 Å². The number of aliphatic hydroxyl groups is 1. The van der Waals surface area contributed by atoms with Gasteiger partial charge in [0.05, 0.1) is 45.1 Å². The number of nitrogens with zero attached hydrogens (tertiary/aromatic N) is 5. The molecule has 3 atom stereocenters. The second kappa shape index (κ2) is 15.5. The van der Waals surface area contributed by atoms with E-state index in [9.17, 15) is 10.2 Å². The first-order valence-electron chi connectivity index (χ1n) is 19.8. The summed E-state index contributed by atoms with van der Waals surface area (Å²) in [5, 5.41) is 22.7. The third kappa shape index (κ3) is 7.21. The van der Waals surface area contributed by atoms with Gasteiger partial charge < -0.3 is 34.1 Å². The molecule has 4 fully saturated rings. The van der Waals surface area contributed by atoms with Crippen molar-refractivity contribution in [3.8, 4) is 41.2 Å². The fraction of sp³-hybridized carbons (Fsp3) is 0.558. The molecule has 4 aromatic rings. The Balaban J connectivity index is 1.21. The second-order valence-electron chi connectivity index (χ2n) is 16.5. The van der Waals surface area contributed by atoms with E-state index in [1.807, 2.05) is 12.0 Å². The van der Waals surface area contributed by atoms with E-state index < -0.39 is 17.2 Å². The Bertz CT molecular complexity index is 2150. The van der Waals surface area contributed by atoms with Crippen LogP contribution in [-0.2, 0) is 9.47 Å². The number of aromatic nitrogens is 3. The summed E-state index contributed by atoms with van der Waals surface area (Å²) in [7, 11) is 3.22. The lowest BCUT2D eigenvalue weighted by Gasteiger charge is -2.47. The molecular weight excluding hydrogens is 720 g/mol. The topological polar surface area (TPSA) is 123 Å². The Kier molecular flexibility index (Phi) is 10.7. The zero-order valence-corrected chi connectivity index (χ0v) is 32.5. The number of piperidine rings is 1. The van der Waals surface area contributed by atoms with Gasteiger partial charge in [-0.1, -0.05) is 18.4 Å². The van der Waals surface area contributed by atoms with Crippen molar-refractivity contribution in [1.29, 1.82) is 0 Å². The summed E-state index contributed by atoms with van der Waals surface area (Å²) in [6, 6.07) is 5.77. The molecule has 8 rings (SSSR count). The normalized spacial score (nSPS) is 27.2. The summed E-state index contributed by atoms with van der Waals surface area (Å²) in [5.74, 6) is 1.61. The lowest BCUT2D eigenvalue weighted by Crippen LogP contribution is -2.53. The first-order valence-corrected chi connectivity index (χ1v) is 19.8. The highest BCUT2D eigenvalue weighted by atomic mass is 19.1. The number of likely N-dealkylation sites (tertiary alicyclic amines) is 1. The second-order valence-corrected chi connectivity index (χ2v) is 16.5. The highest BCUT2D eigenvalue weighted by Gasteiger charge is 2.49. The summed E-state index contributed by atoms with van der Waals surface area (Å²) in [6.07, 6.45) is 16.0. The highest BCUT2D eigenvalue weighted by molar-refractivity contribution is 6.04. The van der Waals surface area contributed by atoms with Crippen LogP contribution in [0, 0.1) is 35.3 Å². The number of β-amino-alcohol motifs (C(OH)–C–C–N with tert-alkyl or cyclic N) is 1. The molecular formula is C43H51F2N5O6. The molecule has 4 heterocycles. The van der Waals surface area contributed by atoms with Crippen LogP contribution in [0.1, 0.15) is 70.3 Å². The number of anilines is 1. The van der Waals surface area contributed by atoms with E-state index in [1.165, 1.54) is 44.2 Å². The Hall–Kier alpha value is -4.35. The molecule has 2 aliphatic carbocycles. The van der Waals surface area contributed by atoms with E-state index in [4.69, 9.17) is 35.3 Å². The van der Waals surface area contributed by atoms with Crippen LogP contribution < -0.4 is 14.4 Å². The molecule has 2 N–H and O–H groups in total. The number of ether oxygens (including phenoxy) is 4. The van der Waals surface area contributed by atoms with Crippen molar-refractivity contribution in [2.24, 2.45) is 11.3 Å². The van der Waals surface area contributed by atoms with Crippen LogP contribution in [0.15, 0.2) is 24.3 Å². The first-order chi connectivity index (χ1) is 27.0. The summed E-state index contributed by atoms with van der Waals surface area (Å²) in [6.45, 7) is 5.05. The molecule has 0 bridgehead atoms. The Morgan fingerprint density at radius 3 is 2.59 bits per heavy atom. The van der Waals surface area contributed by atoms with E-state index >= 15 is 8.78 Å². The molecule has 2 aliphatic heterocycles. The van der Waals surface area contributed by atoms with Crippen molar-refractivity contribution in [1.82, 2.24) is 19.9 Å². The molecule has 2 saturated heterocycles. The number of fused-ring (bicyclic) bond motifs is 3. The molecule has 0 radical (unpaired) electrons. The summed E-state index contributed by atoms with van der Waals surface area (Å²) >= 11 is 0. The summed E-state index contributed by atoms with van der Waals surface area (Å²) < 4.78 is 56.3. The van der Waals surface area contributed by atoms with Crippen molar-refractivity contribution < 1.29 is 37.9 Å². The quantitative estimate of drug-likeness (QED) is 0.179. The van der Waals surface area contributed by atoms with Gasteiger partial charge in [0.1, 0.15) is 39.6 Å². The Morgan fingerprint density at radius 1 is 1.02 bits per heavy atom. The maximum atomic E-state index is 17.4. The van der Waals surface area contributed by atoms with E-state index in [2.05, 4.69) is 15.8 Å². The summed E-state index contributed by atoms with van der Waals surface area (Å²) in [4.78, 5) is 18.7. The molecule has 11 nitrogen and oxygen atoms in total. The number of halogens is 2. The van der Waals surface area contributed by atoms with E-state index in [1.54, 1.807) is 6.92 Å². The van der Waals surface area contributed by atoms with Gasteiger partial charge in [0.2, 0.25) is 5.88 Å². The van der Waals surface area contributed by atoms with Gasteiger partial charge in [-0.25, -0.2) is 13.8 Å². The number of rotatable bonds is 9. The highest BCUT2D eigenvalue weighted by Crippen LogP contribution is 2.49. The lowest BCUT2D eigenvalue weighted by atomic mass is 9.75. The average Bonchev–Trinajstić information content (AvgIpc) is 3.55. The zero-order chi connectivity index (χ0) is 39.2. The molecule has 56 heavy (non-hydrogen) atoms. The molecule has 0 spiro atoms. The number of pyridine rings is 1. The number of hydrogen-bond donors (Lipinski definition) is 2. The van der Waals surface area contributed by atoms with Gasteiger partial charge in [0, 0.05) is 42.6 Å². The van der Waals surface area contributed by atoms with Crippen molar-refractivity contribution in [2.75, 3.05) is 65.1 Å². The number of benzene rings is 2. The number of methoxy groups -OCH3 is 2. The zero-order valence-electron chi connectivity index (χ0n) is 32.5.